The lowest BCUT2D eigenvalue weighted by atomic mass is 10.1. The molecule has 4 nitrogen and oxygen atoms in total. The fourth-order valence-corrected chi connectivity index (χ4v) is 2.00. The van der Waals surface area contributed by atoms with E-state index in [0.717, 1.165) is 21.4 Å². The average molecular weight is 295 g/mol. The zero-order chi connectivity index (χ0) is 12.4. The topological polar surface area (TPSA) is 56.7 Å². The standard InChI is InChI=1S/C12H15BrN4/c1-8(2)17-12(11(7-14)15-16-17)9-3-5-10(13)6-4-9/h3-6,8H,7,14H2,1-2H3. The Morgan fingerprint density at radius 2 is 1.94 bits per heavy atom. The molecule has 0 fully saturated rings. The first kappa shape index (κ1) is 12.3. The maximum Gasteiger partial charge on any atom is 0.104 e. The van der Waals surface area contributed by atoms with Crippen molar-refractivity contribution < 1.29 is 0 Å². The van der Waals surface area contributed by atoms with Crippen LogP contribution in [0.5, 0.6) is 0 Å². The van der Waals surface area contributed by atoms with Crippen molar-refractivity contribution in [1.82, 2.24) is 15.0 Å². The van der Waals surface area contributed by atoms with Gasteiger partial charge in [0.2, 0.25) is 0 Å². The Kier molecular flexibility index (Phi) is 3.59. The Hall–Kier alpha value is -1.20. The number of benzene rings is 1. The van der Waals surface area contributed by atoms with E-state index in [0.29, 0.717) is 6.54 Å². The van der Waals surface area contributed by atoms with Crippen molar-refractivity contribution in [3.63, 3.8) is 0 Å². The molecule has 90 valence electrons. The van der Waals surface area contributed by atoms with Gasteiger partial charge in [0.15, 0.2) is 0 Å². The van der Waals surface area contributed by atoms with Gasteiger partial charge >= 0.3 is 0 Å². The lowest BCUT2D eigenvalue weighted by Gasteiger charge is -2.10. The molecular weight excluding hydrogens is 280 g/mol. The van der Waals surface area contributed by atoms with Gasteiger partial charge in [-0.2, -0.15) is 0 Å². The van der Waals surface area contributed by atoms with Gasteiger partial charge in [0.05, 0.1) is 5.69 Å². The third-order valence-electron chi connectivity index (χ3n) is 2.56. The van der Waals surface area contributed by atoms with Crippen LogP contribution in [0, 0.1) is 0 Å². The molecule has 0 aliphatic carbocycles. The number of rotatable bonds is 3. The normalized spacial score (nSPS) is 11.1. The van der Waals surface area contributed by atoms with Crippen molar-refractivity contribution >= 4 is 15.9 Å². The molecule has 1 aromatic carbocycles. The van der Waals surface area contributed by atoms with Crippen LogP contribution in [-0.2, 0) is 6.54 Å². The fourth-order valence-electron chi connectivity index (χ4n) is 1.73. The first-order valence-electron chi connectivity index (χ1n) is 5.53. The molecule has 2 aromatic rings. The Balaban J connectivity index is 2.55. The van der Waals surface area contributed by atoms with E-state index < -0.39 is 0 Å². The van der Waals surface area contributed by atoms with Crippen molar-refractivity contribution in [2.45, 2.75) is 26.4 Å². The van der Waals surface area contributed by atoms with Gasteiger partial charge in [0, 0.05) is 22.6 Å². The highest BCUT2D eigenvalue weighted by atomic mass is 79.9. The summed E-state index contributed by atoms with van der Waals surface area (Å²) in [5, 5.41) is 8.29. The molecule has 0 unspecified atom stereocenters. The van der Waals surface area contributed by atoms with E-state index in [1.807, 2.05) is 28.9 Å². The molecular formula is C12H15BrN4. The van der Waals surface area contributed by atoms with Gasteiger partial charge in [-0.05, 0) is 26.0 Å². The summed E-state index contributed by atoms with van der Waals surface area (Å²) < 4.78 is 2.96. The summed E-state index contributed by atoms with van der Waals surface area (Å²) in [5.74, 6) is 0. The minimum Gasteiger partial charge on any atom is -0.325 e. The van der Waals surface area contributed by atoms with Gasteiger partial charge in [-0.3, -0.25) is 0 Å². The van der Waals surface area contributed by atoms with E-state index in [9.17, 15) is 0 Å². The zero-order valence-corrected chi connectivity index (χ0v) is 11.5. The van der Waals surface area contributed by atoms with Crippen molar-refractivity contribution in [3.8, 4) is 11.3 Å². The predicted octanol–water partition coefficient (Wildman–Crippen LogP) is 2.75. The molecule has 1 heterocycles. The molecule has 17 heavy (non-hydrogen) atoms. The summed E-state index contributed by atoms with van der Waals surface area (Å²) in [7, 11) is 0. The van der Waals surface area contributed by atoms with E-state index in [-0.39, 0.29) is 6.04 Å². The Morgan fingerprint density at radius 3 is 2.47 bits per heavy atom. The minimum atomic E-state index is 0.265. The van der Waals surface area contributed by atoms with Crippen molar-refractivity contribution in [2.24, 2.45) is 5.73 Å². The molecule has 1 aromatic heterocycles. The first-order valence-corrected chi connectivity index (χ1v) is 6.33. The van der Waals surface area contributed by atoms with Gasteiger partial charge in [-0.25, -0.2) is 4.68 Å². The van der Waals surface area contributed by atoms with Crippen LogP contribution in [0.25, 0.3) is 11.3 Å². The largest absolute Gasteiger partial charge is 0.325 e. The summed E-state index contributed by atoms with van der Waals surface area (Å²) in [5.41, 5.74) is 8.64. The Morgan fingerprint density at radius 1 is 1.29 bits per heavy atom. The van der Waals surface area contributed by atoms with Gasteiger partial charge in [0.25, 0.3) is 0 Å². The molecule has 0 aliphatic rings. The van der Waals surface area contributed by atoms with Gasteiger partial charge in [-0.15, -0.1) is 5.10 Å². The first-order chi connectivity index (χ1) is 8.13. The van der Waals surface area contributed by atoms with Gasteiger partial charge in [0.1, 0.15) is 5.69 Å². The third kappa shape index (κ3) is 2.40. The second kappa shape index (κ2) is 4.98. The number of aromatic nitrogens is 3. The lowest BCUT2D eigenvalue weighted by molar-refractivity contribution is 0.519. The van der Waals surface area contributed by atoms with E-state index >= 15 is 0 Å². The molecule has 2 rings (SSSR count). The molecule has 0 atom stereocenters. The van der Waals surface area contributed by atoms with Crippen LogP contribution < -0.4 is 5.73 Å². The molecule has 0 radical (unpaired) electrons. The molecule has 0 saturated carbocycles. The number of halogens is 1. The van der Waals surface area contributed by atoms with Crippen LogP contribution in [-0.4, -0.2) is 15.0 Å². The highest BCUT2D eigenvalue weighted by molar-refractivity contribution is 9.10. The van der Waals surface area contributed by atoms with E-state index in [1.165, 1.54) is 0 Å². The average Bonchev–Trinajstić information content (AvgIpc) is 2.73. The van der Waals surface area contributed by atoms with E-state index in [1.54, 1.807) is 0 Å². The number of hydrogen-bond donors (Lipinski definition) is 1. The van der Waals surface area contributed by atoms with E-state index in [2.05, 4.69) is 40.1 Å². The number of nitrogens with zero attached hydrogens (tertiary/aromatic N) is 3. The molecule has 0 aliphatic heterocycles. The zero-order valence-electron chi connectivity index (χ0n) is 9.89. The van der Waals surface area contributed by atoms with Crippen LogP contribution in [0.4, 0.5) is 0 Å². The van der Waals surface area contributed by atoms with Crippen LogP contribution in [0.15, 0.2) is 28.7 Å². The molecule has 2 N–H and O–H groups in total. The van der Waals surface area contributed by atoms with Crippen LogP contribution in [0.1, 0.15) is 25.6 Å². The quantitative estimate of drug-likeness (QED) is 0.947. The Labute approximate surface area is 109 Å². The number of nitrogens with two attached hydrogens (primary N) is 1. The monoisotopic (exact) mass is 294 g/mol. The van der Waals surface area contributed by atoms with Crippen LogP contribution >= 0.6 is 15.9 Å². The fraction of sp³-hybridized carbons (Fsp3) is 0.333. The van der Waals surface area contributed by atoms with Crippen molar-refractivity contribution in [3.05, 3.63) is 34.4 Å². The second-order valence-electron chi connectivity index (χ2n) is 4.13. The highest BCUT2D eigenvalue weighted by Gasteiger charge is 2.15. The van der Waals surface area contributed by atoms with E-state index in [4.69, 9.17) is 5.73 Å². The third-order valence-corrected chi connectivity index (χ3v) is 3.09. The van der Waals surface area contributed by atoms with Crippen molar-refractivity contribution in [1.29, 1.82) is 0 Å². The Bertz CT molecular complexity index is 502. The SMILES string of the molecule is CC(C)n1nnc(CN)c1-c1ccc(Br)cc1. The summed E-state index contributed by atoms with van der Waals surface area (Å²) >= 11 is 3.43. The highest BCUT2D eigenvalue weighted by Crippen LogP contribution is 2.26. The maximum absolute atomic E-state index is 5.71. The van der Waals surface area contributed by atoms with Crippen molar-refractivity contribution in [2.75, 3.05) is 0 Å². The smallest absolute Gasteiger partial charge is 0.104 e. The van der Waals surface area contributed by atoms with Crippen LogP contribution in [0.3, 0.4) is 0 Å². The molecule has 5 heteroatoms. The van der Waals surface area contributed by atoms with Crippen LogP contribution in [0.2, 0.25) is 0 Å². The molecule has 0 bridgehead atoms. The lowest BCUT2D eigenvalue weighted by Crippen LogP contribution is -2.06. The predicted molar refractivity (Wildman–Crippen MR) is 71.4 cm³/mol. The summed E-state index contributed by atoms with van der Waals surface area (Å²) in [4.78, 5) is 0. The molecule has 0 spiro atoms. The summed E-state index contributed by atoms with van der Waals surface area (Å²) in [6.45, 7) is 4.56. The van der Waals surface area contributed by atoms with Gasteiger partial charge < -0.3 is 5.73 Å². The summed E-state index contributed by atoms with van der Waals surface area (Å²) in [6, 6.07) is 8.36. The molecule has 0 amide bonds. The maximum atomic E-state index is 5.71. The minimum absolute atomic E-state index is 0.265. The van der Waals surface area contributed by atoms with Gasteiger partial charge in [-0.1, -0.05) is 33.3 Å². The summed E-state index contributed by atoms with van der Waals surface area (Å²) in [6.07, 6.45) is 0. The molecule has 0 saturated heterocycles. The second-order valence-corrected chi connectivity index (χ2v) is 5.05. The number of hydrogen-bond acceptors (Lipinski definition) is 3.